The maximum absolute atomic E-state index is 12.6. The highest BCUT2D eigenvalue weighted by Crippen LogP contribution is 2.20. The van der Waals surface area contributed by atoms with E-state index >= 15 is 0 Å². The van der Waals surface area contributed by atoms with Crippen molar-refractivity contribution < 1.29 is 24.3 Å². The summed E-state index contributed by atoms with van der Waals surface area (Å²) < 4.78 is 0. The van der Waals surface area contributed by atoms with Gasteiger partial charge in [-0.3, -0.25) is 19.2 Å². The molecule has 1 saturated carbocycles. The van der Waals surface area contributed by atoms with Gasteiger partial charge in [0.1, 0.15) is 0 Å². The number of carboxylic acids is 1. The van der Waals surface area contributed by atoms with Gasteiger partial charge in [-0.25, -0.2) is 0 Å². The molecule has 0 unspecified atom stereocenters. The number of benzene rings is 1. The second kappa shape index (κ2) is 8.41. The first-order chi connectivity index (χ1) is 13.3. The molecule has 2 N–H and O–H groups in total. The molecule has 0 atom stereocenters. The molecule has 1 aliphatic carbocycles. The van der Waals surface area contributed by atoms with E-state index < -0.39 is 11.9 Å². The molecule has 0 spiro atoms. The Morgan fingerprint density at radius 3 is 2.14 bits per heavy atom. The van der Waals surface area contributed by atoms with Crippen molar-refractivity contribution in [3.8, 4) is 0 Å². The summed E-state index contributed by atoms with van der Waals surface area (Å²) in [6, 6.07) is 6.66. The molecule has 8 nitrogen and oxygen atoms in total. The van der Waals surface area contributed by atoms with Gasteiger partial charge in [0, 0.05) is 37.3 Å². The van der Waals surface area contributed by atoms with Crippen molar-refractivity contribution in [2.45, 2.75) is 31.7 Å². The fourth-order valence-electron chi connectivity index (χ4n) is 3.23. The number of aliphatic carboxylic acids is 1. The van der Waals surface area contributed by atoms with Crippen LogP contribution in [0.4, 0.5) is 0 Å². The molecule has 2 fully saturated rings. The summed E-state index contributed by atoms with van der Waals surface area (Å²) in [4.78, 5) is 50.9. The van der Waals surface area contributed by atoms with Crippen LogP contribution in [0.15, 0.2) is 24.3 Å². The molecule has 3 rings (SSSR count). The van der Waals surface area contributed by atoms with E-state index in [0.29, 0.717) is 37.1 Å². The topological polar surface area (TPSA) is 107 Å². The molecule has 0 bridgehead atoms. The summed E-state index contributed by atoms with van der Waals surface area (Å²) in [6.45, 7) is 0.714. The van der Waals surface area contributed by atoms with Crippen LogP contribution in [0.5, 0.6) is 0 Å². The highest BCUT2D eigenvalue weighted by molar-refractivity contribution is 5.99. The Hall–Kier alpha value is -2.90. The number of amides is 3. The van der Waals surface area contributed by atoms with E-state index in [4.69, 9.17) is 5.11 Å². The van der Waals surface area contributed by atoms with Gasteiger partial charge < -0.3 is 20.2 Å². The van der Waals surface area contributed by atoms with Crippen LogP contribution in [-0.2, 0) is 9.59 Å². The molecular formula is C20H25N3O5. The predicted octanol–water partition coefficient (Wildman–Crippen LogP) is 0.974. The zero-order chi connectivity index (χ0) is 20.3. The summed E-state index contributed by atoms with van der Waals surface area (Å²) in [5.74, 6) is -1.87. The van der Waals surface area contributed by atoms with Crippen molar-refractivity contribution >= 4 is 23.7 Å². The predicted molar refractivity (Wildman–Crippen MR) is 101 cm³/mol. The molecular weight excluding hydrogens is 362 g/mol. The van der Waals surface area contributed by atoms with Gasteiger partial charge in [-0.1, -0.05) is 0 Å². The maximum atomic E-state index is 12.6. The highest BCUT2D eigenvalue weighted by atomic mass is 16.4. The summed E-state index contributed by atoms with van der Waals surface area (Å²) in [5.41, 5.74) is 0.909. The van der Waals surface area contributed by atoms with E-state index in [2.05, 4.69) is 5.32 Å². The first-order valence-electron chi connectivity index (χ1n) is 9.52. The number of likely N-dealkylation sites (tertiary alicyclic amines) is 1. The van der Waals surface area contributed by atoms with Crippen molar-refractivity contribution in [3.05, 3.63) is 35.4 Å². The van der Waals surface area contributed by atoms with Crippen molar-refractivity contribution in [3.63, 3.8) is 0 Å². The molecule has 1 heterocycles. The summed E-state index contributed by atoms with van der Waals surface area (Å²) in [5, 5.41) is 11.9. The normalized spacial score (nSPS) is 17.1. The molecule has 8 heteroatoms. The number of nitrogens with one attached hydrogen (secondary N) is 1. The van der Waals surface area contributed by atoms with Crippen LogP contribution in [-0.4, -0.2) is 71.3 Å². The lowest BCUT2D eigenvalue weighted by Gasteiger charge is -2.31. The van der Waals surface area contributed by atoms with E-state index in [1.807, 2.05) is 0 Å². The zero-order valence-corrected chi connectivity index (χ0v) is 15.9. The van der Waals surface area contributed by atoms with E-state index in [-0.39, 0.29) is 30.3 Å². The van der Waals surface area contributed by atoms with Crippen LogP contribution in [0, 0.1) is 5.92 Å². The largest absolute Gasteiger partial charge is 0.481 e. The minimum atomic E-state index is -0.825. The standard InChI is InChI=1S/C20H25N3O5/c1-22(12-17(24)23-10-8-15(9-11-23)20(27)28)19(26)14-4-2-13(3-5-14)18(25)21-16-6-7-16/h2-5,15-16H,6-12H2,1H3,(H,21,25)(H,27,28). The van der Waals surface area contributed by atoms with Crippen LogP contribution >= 0.6 is 0 Å². The molecule has 2 aliphatic rings. The number of nitrogens with zero attached hydrogens (tertiary/aromatic N) is 2. The minimum absolute atomic E-state index is 0.0690. The molecule has 1 saturated heterocycles. The van der Waals surface area contributed by atoms with Crippen LogP contribution in [0.25, 0.3) is 0 Å². The molecule has 150 valence electrons. The lowest BCUT2D eigenvalue weighted by molar-refractivity contribution is -0.145. The van der Waals surface area contributed by atoms with Gasteiger partial charge >= 0.3 is 5.97 Å². The van der Waals surface area contributed by atoms with Crippen molar-refractivity contribution in [1.29, 1.82) is 0 Å². The van der Waals surface area contributed by atoms with Crippen molar-refractivity contribution in [2.24, 2.45) is 5.92 Å². The minimum Gasteiger partial charge on any atom is -0.481 e. The Labute approximate surface area is 163 Å². The van der Waals surface area contributed by atoms with Crippen LogP contribution in [0.3, 0.4) is 0 Å². The summed E-state index contributed by atoms with van der Waals surface area (Å²) in [6.07, 6.45) is 2.89. The number of carbonyl (C=O) groups is 4. The van der Waals surface area contributed by atoms with Crippen LogP contribution in [0.1, 0.15) is 46.4 Å². The van der Waals surface area contributed by atoms with Crippen molar-refractivity contribution in [2.75, 3.05) is 26.7 Å². The third kappa shape index (κ3) is 4.88. The molecule has 28 heavy (non-hydrogen) atoms. The first-order valence-corrected chi connectivity index (χ1v) is 9.52. The molecule has 0 radical (unpaired) electrons. The number of carbonyl (C=O) groups excluding carboxylic acids is 3. The highest BCUT2D eigenvalue weighted by Gasteiger charge is 2.28. The van der Waals surface area contributed by atoms with Crippen LogP contribution in [0.2, 0.25) is 0 Å². The van der Waals surface area contributed by atoms with E-state index in [0.717, 1.165) is 12.8 Å². The molecule has 3 amide bonds. The Kier molecular flexibility index (Phi) is 5.96. The van der Waals surface area contributed by atoms with Crippen molar-refractivity contribution in [1.82, 2.24) is 15.1 Å². The third-order valence-electron chi connectivity index (χ3n) is 5.22. The second-order valence-electron chi connectivity index (χ2n) is 7.48. The Bertz CT molecular complexity index is 765. The molecule has 1 aromatic carbocycles. The van der Waals surface area contributed by atoms with E-state index in [9.17, 15) is 19.2 Å². The van der Waals surface area contributed by atoms with Crippen LogP contribution < -0.4 is 5.32 Å². The Balaban J connectivity index is 1.51. The molecule has 0 aromatic heterocycles. The number of carboxylic acid groups (broad SMARTS) is 1. The Morgan fingerprint density at radius 2 is 1.61 bits per heavy atom. The number of piperidine rings is 1. The van der Waals surface area contributed by atoms with Gasteiger partial charge in [0.25, 0.3) is 11.8 Å². The van der Waals surface area contributed by atoms with E-state index in [1.165, 1.54) is 4.90 Å². The average molecular weight is 387 g/mol. The number of hydrogen-bond donors (Lipinski definition) is 2. The number of likely N-dealkylation sites (N-methyl/N-ethyl adjacent to an activating group) is 1. The summed E-state index contributed by atoms with van der Waals surface area (Å²) in [7, 11) is 1.55. The average Bonchev–Trinajstić information content (AvgIpc) is 3.51. The lowest BCUT2D eigenvalue weighted by atomic mass is 9.97. The fraction of sp³-hybridized carbons (Fsp3) is 0.500. The summed E-state index contributed by atoms with van der Waals surface area (Å²) >= 11 is 0. The van der Waals surface area contributed by atoms with Gasteiger partial charge in [0.05, 0.1) is 12.5 Å². The maximum Gasteiger partial charge on any atom is 0.306 e. The van der Waals surface area contributed by atoms with E-state index in [1.54, 1.807) is 36.2 Å². The number of hydrogen-bond acceptors (Lipinski definition) is 4. The van der Waals surface area contributed by atoms with Gasteiger partial charge in [0.15, 0.2) is 0 Å². The van der Waals surface area contributed by atoms with Gasteiger partial charge in [0.2, 0.25) is 5.91 Å². The van der Waals surface area contributed by atoms with Gasteiger partial charge in [-0.2, -0.15) is 0 Å². The van der Waals surface area contributed by atoms with Gasteiger partial charge in [-0.05, 0) is 49.9 Å². The lowest BCUT2D eigenvalue weighted by Crippen LogP contribution is -2.45. The third-order valence-corrected chi connectivity index (χ3v) is 5.22. The first kappa shape index (κ1) is 19.9. The number of rotatable bonds is 6. The SMILES string of the molecule is CN(CC(=O)N1CCC(C(=O)O)CC1)C(=O)c1ccc(C(=O)NC2CC2)cc1. The molecule has 1 aliphatic heterocycles. The molecule has 1 aromatic rings. The monoisotopic (exact) mass is 387 g/mol. The second-order valence-corrected chi connectivity index (χ2v) is 7.48. The zero-order valence-electron chi connectivity index (χ0n) is 15.9. The quantitative estimate of drug-likeness (QED) is 0.757. The fourth-order valence-corrected chi connectivity index (χ4v) is 3.23. The van der Waals surface area contributed by atoms with Gasteiger partial charge in [-0.15, -0.1) is 0 Å². The smallest absolute Gasteiger partial charge is 0.306 e. The Morgan fingerprint density at radius 1 is 1.04 bits per heavy atom.